The van der Waals surface area contributed by atoms with Crippen LogP contribution in [-0.2, 0) is 9.59 Å². The molecule has 29 heavy (non-hydrogen) atoms. The van der Waals surface area contributed by atoms with E-state index in [4.69, 9.17) is 0 Å². The third-order valence-corrected chi connectivity index (χ3v) is 5.91. The molecule has 0 atom stereocenters. The predicted octanol–water partition coefficient (Wildman–Crippen LogP) is 3.21. The lowest BCUT2D eigenvalue weighted by molar-refractivity contribution is -0.139. The molecule has 0 unspecified atom stereocenters. The molecule has 1 N–H and O–H groups in total. The minimum atomic E-state index is -0.493. The van der Waals surface area contributed by atoms with Crippen LogP contribution in [0.1, 0.15) is 49.4 Å². The Kier molecular flexibility index (Phi) is 9.07. The average molecular weight is 470 g/mol. The highest BCUT2D eigenvalue weighted by molar-refractivity contribution is 9.10. The molecular formula is C21H29BrFN3O3. The molecule has 0 aliphatic carbocycles. The summed E-state index contributed by atoms with van der Waals surface area (Å²) < 4.78 is 13.8. The van der Waals surface area contributed by atoms with Crippen molar-refractivity contribution in [3.8, 4) is 0 Å². The van der Waals surface area contributed by atoms with Gasteiger partial charge in [0.2, 0.25) is 11.8 Å². The molecule has 0 spiro atoms. The summed E-state index contributed by atoms with van der Waals surface area (Å²) in [4.78, 5) is 40.6. The molecule has 6 nitrogen and oxygen atoms in total. The van der Waals surface area contributed by atoms with Gasteiger partial charge in [-0.2, -0.15) is 0 Å². The van der Waals surface area contributed by atoms with Crippen molar-refractivity contribution < 1.29 is 18.8 Å². The van der Waals surface area contributed by atoms with E-state index in [9.17, 15) is 18.8 Å². The van der Waals surface area contributed by atoms with Crippen LogP contribution in [0.4, 0.5) is 4.39 Å². The smallest absolute Gasteiger partial charge is 0.252 e. The molecule has 1 fully saturated rings. The van der Waals surface area contributed by atoms with E-state index in [1.807, 2.05) is 7.05 Å². The second-order valence-electron chi connectivity index (χ2n) is 7.40. The van der Waals surface area contributed by atoms with Crippen molar-refractivity contribution in [1.29, 1.82) is 0 Å². The van der Waals surface area contributed by atoms with Crippen LogP contribution >= 0.6 is 15.9 Å². The van der Waals surface area contributed by atoms with E-state index in [2.05, 4.69) is 28.2 Å². The molecule has 1 aromatic rings. The van der Waals surface area contributed by atoms with E-state index >= 15 is 0 Å². The van der Waals surface area contributed by atoms with Gasteiger partial charge in [-0.1, -0.05) is 13.3 Å². The predicted molar refractivity (Wildman–Crippen MR) is 113 cm³/mol. The number of rotatable bonds is 8. The van der Waals surface area contributed by atoms with Crippen molar-refractivity contribution >= 4 is 33.7 Å². The Labute approximate surface area is 179 Å². The summed E-state index contributed by atoms with van der Waals surface area (Å²) in [6.45, 7) is 4.16. The number of carbonyl (C=O) groups excluding carboxylic acids is 3. The Balaban J connectivity index is 1.73. The van der Waals surface area contributed by atoms with Crippen LogP contribution in [0.3, 0.4) is 0 Å². The highest BCUT2D eigenvalue weighted by Crippen LogP contribution is 2.20. The Hall–Kier alpha value is -1.96. The maximum atomic E-state index is 13.3. The van der Waals surface area contributed by atoms with E-state index in [0.29, 0.717) is 30.4 Å². The number of benzene rings is 1. The summed E-state index contributed by atoms with van der Waals surface area (Å²) in [6, 6.07) is 3.89. The summed E-state index contributed by atoms with van der Waals surface area (Å²) in [5, 5.41) is 2.65. The Bertz CT molecular complexity index is 736. The van der Waals surface area contributed by atoms with Gasteiger partial charge in [-0.25, -0.2) is 4.39 Å². The van der Waals surface area contributed by atoms with E-state index < -0.39 is 11.7 Å². The number of hydrogen-bond donors (Lipinski definition) is 1. The van der Waals surface area contributed by atoms with Crippen LogP contribution in [0, 0.1) is 11.7 Å². The third kappa shape index (κ3) is 6.80. The first kappa shape index (κ1) is 23.3. The maximum Gasteiger partial charge on any atom is 0.252 e. The van der Waals surface area contributed by atoms with Gasteiger partial charge in [0.1, 0.15) is 5.82 Å². The molecule has 0 saturated carbocycles. The van der Waals surface area contributed by atoms with Crippen molar-refractivity contribution in [2.24, 2.45) is 5.92 Å². The number of nitrogens with zero attached hydrogens (tertiary/aromatic N) is 2. The zero-order valence-corrected chi connectivity index (χ0v) is 18.6. The monoisotopic (exact) mass is 469 g/mol. The summed E-state index contributed by atoms with van der Waals surface area (Å²) >= 11 is 3.22. The normalized spacial score (nSPS) is 14.6. The number of halogens is 2. The van der Waals surface area contributed by atoms with Gasteiger partial charge in [-0.05, 0) is 53.4 Å². The first-order chi connectivity index (χ1) is 13.8. The lowest BCUT2D eigenvalue weighted by atomic mass is 9.95. The third-order valence-electron chi connectivity index (χ3n) is 5.22. The molecule has 2 rings (SSSR count). The topological polar surface area (TPSA) is 69.7 Å². The molecule has 1 aromatic carbocycles. The molecule has 1 aliphatic rings. The van der Waals surface area contributed by atoms with E-state index in [1.165, 1.54) is 12.1 Å². The molecule has 0 radical (unpaired) electrons. The highest BCUT2D eigenvalue weighted by Gasteiger charge is 2.28. The van der Waals surface area contributed by atoms with Gasteiger partial charge < -0.3 is 15.1 Å². The largest absolute Gasteiger partial charge is 0.351 e. The van der Waals surface area contributed by atoms with Crippen molar-refractivity contribution in [1.82, 2.24) is 15.1 Å². The summed E-state index contributed by atoms with van der Waals surface area (Å²) in [5.74, 6) is -0.825. The molecular weight excluding hydrogens is 441 g/mol. The van der Waals surface area contributed by atoms with Gasteiger partial charge in [-0.3, -0.25) is 14.4 Å². The fourth-order valence-corrected chi connectivity index (χ4v) is 3.83. The molecule has 8 heteroatoms. The second-order valence-corrected chi connectivity index (χ2v) is 8.25. The number of amides is 3. The van der Waals surface area contributed by atoms with Crippen LogP contribution < -0.4 is 5.32 Å². The van der Waals surface area contributed by atoms with Gasteiger partial charge in [0.25, 0.3) is 5.91 Å². The fourth-order valence-electron chi connectivity index (χ4n) is 3.40. The number of nitrogens with one attached hydrogen (secondary N) is 1. The molecule has 3 amide bonds. The standard InChI is InChI=1S/C21H29BrFN3O3/c1-3-4-11-25(2)21(29)15-8-12-26(13-9-15)19(27)7-10-24-20(28)17-14-16(23)5-6-18(17)22/h5-6,14-15H,3-4,7-13H2,1-2H3,(H,24,28). The Morgan fingerprint density at radius 1 is 1.28 bits per heavy atom. The molecule has 0 bridgehead atoms. The van der Waals surface area contributed by atoms with Crippen molar-refractivity contribution in [2.75, 3.05) is 33.2 Å². The van der Waals surface area contributed by atoms with Crippen LogP contribution in [0.25, 0.3) is 0 Å². The van der Waals surface area contributed by atoms with Crippen LogP contribution in [0.5, 0.6) is 0 Å². The van der Waals surface area contributed by atoms with E-state index in [1.54, 1.807) is 9.80 Å². The molecule has 1 saturated heterocycles. The van der Waals surface area contributed by atoms with Crippen LogP contribution in [0.2, 0.25) is 0 Å². The molecule has 0 aromatic heterocycles. The zero-order valence-electron chi connectivity index (χ0n) is 17.0. The maximum absolute atomic E-state index is 13.3. The lowest BCUT2D eigenvalue weighted by Crippen LogP contribution is -2.44. The second kappa shape index (κ2) is 11.3. The SMILES string of the molecule is CCCCN(C)C(=O)C1CCN(C(=O)CCNC(=O)c2cc(F)ccc2Br)CC1. The quantitative estimate of drug-likeness (QED) is 0.635. The Morgan fingerprint density at radius 2 is 1.97 bits per heavy atom. The summed E-state index contributed by atoms with van der Waals surface area (Å²) in [7, 11) is 1.84. The lowest BCUT2D eigenvalue weighted by Gasteiger charge is -2.33. The molecule has 1 aliphatic heterocycles. The summed E-state index contributed by atoms with van der Waals surface area (Å²) in [5.41, 5.74) is 0.198. The van der Waals surface area contributed by atoms with Crippen molar-refractivity contribution in [3.05, 3.63) is 34.1 Å². The van der Waals surface area contributed by atoms with Gasteiger partial charge in [0.15, 0.2) is 0 Å². The number of likely N-dealkylation sites (tertiary alicyclic amines) is 1. The van der Waals surface area contributed by atoms with Gasteiger partial charge >= 0.3 is 0 Å². The summed E-state index contributed by atoms with van der Waals surface area (Å²) in [6.07, 6.45) is 3.57. The molecule has 160 valence electrons. The van der Waals surface area contributed by atoms with Crippen LogP contribution in [0.15, 0.2) is 22.7 Å². The van der Waals surface area contributed by atoms with E-state index in [-0.39, 0.29) is 36.3 Å². The first-order valence-electron chi connectivity index (χ1n) is 10.1. The average Bonchev–Trinajstić information content (AvgIpc) is 2.73. The zero-order chi connectivity index (χ0) is 21.4. The van der Waals surface area contributed by atoms with Crippen LogP contribution in [-0.4, -0.2) is 60.7 Å². The highest BCUT2D eigenvalue weighted by atomic mass is 79.9. The van der Waals surface area contributed by atoms with Gasteiger partial charge in [-0.15, -0.1) is 0 Å². The van der Waals surface area contributed by atoms with Gasteiger partial charge in [0, 0.05) is 50.0 Å². The number of hydrogen-bond acceptors (Lipinski definition) is 3. The van der Waals surface area contributed by atoms with E-state index in [0.717, 1.165) is 25.5 Å². The van der Waals surface area contributed by atoms with Crippen molar-refractivity contribution in [2.45, 2.75) is 39.0 Å². The number of carbonyl (C=O) groups is 3. The number of unbranched alkanes of at least 4 members (excludes halogenated alkanes) is 1. The first-order valence-corrected chi connectivity index (χ1v) is 10.9. The number of piperidine rings is 1. The fraction of sp³-hybridized carbons (Fsp3) is 0.571. The molecule has 1 heterocycles. The van der Waals surface area contributed by atoms with Gasteiger partial charge in [0.05, 0.1) is 5.56 Å². The Morgan fingerprint density at radius 3 is 2.62 bits per heavy atom. The minimum Gasteiger partial charge on any atom is -0.351 e. The minimum absolute atomic E-state index is 0.0223. The van der Waals surface area contributed by atoms with Crippen molar-refractivity contribution in [3.63, 3.8) is 0 Å².